The summed E-state index contributed by atoms with van der Waals surface area (Å²) in [7, 11) is 1.61. The molecule has 0 radical (unpaired) electrons. The maximum absolute atomic E-state index is 13.2. The highest BCUT2D eigenvalue weighted by atomic mass is 35.5. The maximum Gasteiger partial charge on any atom is 0.282 e. The molecule has 0 unspecified atom stereocenters. The predicted octanol–water partition coefficient (Wildman–Crippen LogP) is 5.85. The van der Waals surface area contributed by atoms with Crippen LogP contribution in [0.15, 0.2) is 95.6 Å². The fourth-order valence-electron chi connectivity index (χ4n) is 3.08. The lowest BCUT2D eigenvalue weighted by Gasteiger charge is -2.16. The minimum atomic E-state index is -0.181. The summed E-state index contributed by atoms with van der Waals surface area (Å²) in [4.78, 5) is 19.4. The number of rotatable bonds is 5. The third-order valence-electron chi connectivity index (χ3n) is 4.61. The number of carbonyl (C=O) groups excluding carboxylic acids is 1. The van der Waals surface area contributed by atoms with E-state index in [0.29, 0.717) is 16.6 Å². The van der Waals surface area contributed by atoms with E-state index in [-0.39, 0.29) is 5.91 Å². The average Bonchev–Trinajstić information content (AvgIpc) is 3.09. The fourth-order valence-corrected chi connectivity index (χ4v) is 3.20. The van der Waals surface area contributed by atoms with Gasteiger partial charge in [-0.05, 0) is 59.7 Å². The van der Waals surface area contributed by atoms with Crippen LogP contribution in [0.5, 0.6) is 5.75 Å². The second-order valence-corrected chi connectivity index (χ2v) is 7.07. The zero-order chi connectivity index (χ0) is 20.9. The van der Waals surface area contributed by atoms with Gasteiger partial charge in [-0.15, -0.1) is 0 Å². The number of aliphatic imine (C=N–C) groups is 1. The van der Waals surface area contributed by atoms with Gasteiger partial charge in [0.1, 0.15) is 17.3 Å². The quantitative estimate of drug-likeness (QED) is 0.491. The van der Waals surface area contributed by atoms with Gasteiger partial charge in [0.05, 0.1) is 12.8 Å². The van der Waals surface area contributed by atoms with Gasteiger partial charge in [-0.3, -0.25) is 9.69 Å². The molecule has 0 fully saturated rings. The summed E-state index contributed by atoms with van der Waals surface area (Å²) < 4.78 is 5.23. The first-order valence-corrected chi connectivity index (χ1v) is 9.79. The zero-order valence-electron chi connectivity index (χ0n) is 16.3. The van der Waals surface area contributed by atoms with Crippen LogP contribution >= 0.6 is 11.6 Å². The van der Waals surface area contributed by atoms with Crippen LogP contribution in [0.1, 0.15) is 11.1 Å². The Bertz CT molecular complexity index is 1130. The number of hydrogen-bond donors (Lipinski definition) is 0. The second-order valence-electron chi connectivity index (χ2n) is 6.63. The minimum absolute atomic E-state index is 0.181. The molecule has 148 valence electrons. The Morgan fingerprint density at radius 3 is 2.23 bits per heavy atom. The number of amides is 1. The molecule has 4 rings (SSSR count). The van der Waals surface area contributed by atoms with Crippen molar-refractivity contribution in [3.8, 4) is 5.75 Å². The molecule has 0 aliphatic carbocycles. The van der Waals surface area contributed by atoms with Crippen molar-refractivity contribution >= 4 is 41.2 Å². The first-order valence-electron chi connectivity index (χ1n) is 9.41. The van der Waals surface area contributed by atoms with Crippen LogP contribution in [-0.2, 0) is 4.79 Å². The summed E-state index contributed by atoms with van der Waals surface area (Å²) >= 11 is 5.96. The molecule has 0 bridgehead atoms. The SMILES string of the molecule is COc1ccc(N2C(=O)/C(=C/c3ccccc3)N=C2/C=C/c2ccc(Cl)cc2)cc1. The molecule has 0 saturated carbocycles. The van der Waals surface area contributed by atoms with Gasteiger partial charge in [-0.25, -0.2) is 4.99 Å². The number of amidine groups is 1. The van der Waals surface area contributed by atoms with Crippen LogP contribution < -0.4 is 9.64 Å². The third-order valence-corrected chi connectivity index (χ3v) is 4.87. The molecule has 0 atom stereocenters. The Balaban J connectivity index is 1.72. The van der Waals surface area contributed by atoms with E-state index in [0.717, 1.165) is 22.6 Å². The molecule has 1 heterocycles. The molecule has 0 aromatic heterocycles. The summed E-state index contributed by atoms with van der Waals surface area (Å²) in [5.41, 5.74) is 2.98. The van der Waals surface area contributed by atoms with Gasteiger partial charge in [0.2, 0.25) is 0 Å². The molecule has 1 aliphatic heterocycles. The van der Waals surface area contributed by atoms with Crippen molar-refractivity contribution in [2.45, 2.75) is 0 Å². The number of nitrogens with zero attached hydrogens (tertiary/aromatic N) is 2. The van der Waals surface area contributed by atoms with Crippen molar-refractivity contribution in [1.82, 2.24) is 0 Å². The Kier molecular flexibility index (Phi) is 5.77. The standard InChI is InChI=1S/C25H19ClN2O2/c1-30-22-14-12-21(13-15-22)28-24(16-9-18-7-10-20(26)11-8-18)27-23(25(28)29)17-19-5-3-2-4-6-19/h2-17H,1H3/b16-9+,23-17-. The number of halogens is 1. The number of carbonyl (C=O) groups is 1. The van der Waals surface area contributed by atoms with Gasteiger partial charge in [0, 0.05) is 5.02 Å². The molecular formula is C25H19ClN2O2. The van der Waals surface area contributed by atoms with Gasteiger partial charge in [-0.2, -0.15) is 0 Å². The lowest BCUT2D eigenvalue weighted by Crippen LogP contribution is -2.30. The number of ether oxygens (including phenoxy) is 1. The van der Waals surface area contributed by atoms with E-state index in [4.69, 9.17) is 16.3 Å². The number of hydrogen-bond acceptors (Lipinski definition) is 3. The largest absolute Gasteiger partial charge is 0.497 e. The molecule has 3 aromatic carbocycles. The summed E-state index contributed by atoms with van der Waals surface area (Å²) in [6.07, 6.45) is 5.53. The minimum Gasteiger partial charge on any atom is -0.497 e. The van der Waals surface area contributed by atoms with Crippen LogP contribution in [0.3, 0.4) is 0 Å². The highest BCUT2D eigenvalue weighted by Gasteiger charge is 2.30. The van der Waals surface area contributed by atoms with Crippen LogP contribution in [-0.4, -0.2) is 18.9 Å². The van der Waals surface area contributed by atoms with Crippen molar-refractivity contribution in [3.63, 3.8) is 0 Å². The summed E-state index contributed by atoms with van der Waals surface area (Å²) in [6.45, 7) is 0. The van der Waals surface area contributed by atoms with Crippen molar-refractivity contribution in [3.05, 3.63) is 107 Å². The van der Waals surface area contributed by atoms with Crippen LogP contribution in [0.25, 0.3) is 12.2 Å². The normalized spacial score (nSPS) is 15.1. The Labute approximate surface area is 180 Å². The van der Waals surface area contributed by atoms with Crippen LogP contribution in [0.2, 0.25) is 5.02 Å². The highest BCUT2D eigenvalue weighted by molar-refractivity contribution is 6.32. The molecule has 0 N–H and O–H groups in total. The zero-order valence-corrected chi connectivity index (χ0v) is 17.1. The fraction of sp³-hybridized carbons (Fsp3) is 0.0400. The monoisotopic (exact) mass is 414 g/mol. The Hall–Kier alpha value is -3.63. The van der Waals surface area contributed by atoms with Crippen molar-refractivity contribution in [2.75, 3.05) is 12.0 Å². The molecule has 1 amide bonds. The molecule has 0 saturated heterocycles. The topological polar surface area (TPSA) is 41.9 Å². The number of anilines is 1. The van der Waals surface area contributed by atoms with E-state index < -0.39 is 0 Å². The van der Waals surface area contributed by atoms with Gasteiger partial charge < -0.3 is 4.74 Å². The Morgan fingerprint density at radius 1 is 0.867 bits per heavy atom. The molecular weight excluding hydrogens is 396 g/mol. The van der Waals surface area contributed by atoms with Gasteiger partial charge in [0.15, 0.2) is 0 Å². The van der Waals surface area contributed by atoms with E-state index in [1.165, 1.54) is 0 Å². The van der Waals surface area contributed by atoms with Gasteiger partial charge in [-0.1, -0.05) is 60.1 Å². The van der Waals surface area contributed by atoms with Crippen molar-refractivity contribution in [1.29, 1.82) is 0 Å². The van der Waals surface area contributed by atoms with Gasteiger partial charge in [0.25, 0.3) is 5.91 Å². The van der Waals surface area contributed by atoms with E-state index in [2.05, 4.69) is 4.99 Å². The molecule has 3 aromatic rings. The lowest BCUT2D eigenvalue weighted by atomic mass is 10.2. The van der Waals surface area contributed by atoms with Crippen LogP contribution in [0, 0.1) is 0 Å². The lowest BCUT2D eigenvalue weighted by molar-refractivity contribution is -0.113. The molecule has 0 spiro atoms. The third kappa shape index (κ3) is 4.34. The molecule has 30 heavy (non-hydrogen) atoms. The van der Waals surface area contributed by atoms with E-state index in [1.54, 1.807) is 18.1 Å². The smallest absolute Gasteiger partial charge is 0.282 e. The van der Waals surface area contributed by atoms with Crippen LogP contribution in [0.4, 0.5) is 5.69 Å². The highest BCUT2D eigenvalue weighted by Crippen LogP contribution is 2.27. The predicted molar refractivity (Wildman–Crippen MR) is 123 cm³/mol. The summed E-state index contributed by atoms with van der Waals surface area (Å²) in [5.74, 6) is 1.09. The van der Waals surface area contributed by atoms with Crippen molar-refractivity contribution in [2.24, 2.45) is 4.99 Å². The summed E-state index contributed by atoms with van der Waals surface area (Å²) in [6, 6.07) is 24.5. The average molecular weight is 415 g/mol. The Morgan fingerprint density at radius 2 is 1.57 bits per heavy atom. The second kappa shape index (κ2) is 8.80. The molecule has 5 heteroatoms. The van der Waals surface area contributed by atoms with Crippen molar-refractivity contribution < 1.29 is 9.53 Å². The first-order chi connectivity index (χ1) is 14.6. The number of methoxy groups -OCH3 is 1. The van der Waals surface area contributed by atoms with E-state index >= 15 is 0 Å². The summed E-state index contributed by atoms with van der Waals surface area (Å²) in [5, 5.41) is 0.675. The number of benzene rings is 3. The molecule has 4 nitrogen and oxygen atoms in total. The maximum atomic E-state index is 13.2. The van der Waals surface area contributed by atoms with E-state index in [1.807, 2.05) is 91.0 Å². The van der Waals surface area contributed by atoms with E-state index in [9.17, 15) is 4.79 Å². The van der Waals surface area contributed by atoms with Gasteiger partial charge >= 0.3 is 0 Å². The molecule has 1 aliphatic rings. The first kappa shape index (κ1) is 19.7.